The van der Waals surface area contributed by atoms with Crippen molar-refractivity contribution in [3.63, 3.8) is 0 Å². The predicted molar refractivity (Wildman–Crippen MR) is 109 cm³/mol. The van der Waals surface area contributed by atoms with Crippen molar-refractivity contribution in [3.05, 3.63) is 71.5 Å². The summed E-state index contributed by atoms with van der Waals surface area (Å²) >= 11 is 0. The number of anilines is 1. The van der Waals surface area contributed by atoms with Crippen LogP contribution in [0.2, 0.25) is 0 Å². The first-order valence-electron chi connectivity index (χ1n) is 9.53. The molecule has 6 nitrogen and oxygen atoms in total. The lowest BCUT2D eigenvalue weighted by atomic mass is 10.2. The molecule has 0 bridgehead atoms. The van der Waals surface area contributed by atoms with Crippen LogP contribution in [0.15, 0.2) is 48.5 Å². The molecule has 3 aromatic rings. The van der Waals surface area contributed by atoms with E-state index in [4.69, 9.17) is 4.74 Å². The molecule has 0 atom stereocenters. The lowest BCUT2D eigenvalue weighted by Gasteiger charge is -2.26. The highest BCUT2D eigenvalue weighted by Gasteiger charge is 2.21. The number of imidazole rings is 1. The lowest BCUT2D eigenvalue weighted by Crippen LogP contribution is -2.37. The molecular weight excluding hydrogens is 388 g/mol. The molecule has 1 fully saturated rings. The van der Waals surface area contributed by atoms with Crippen LogP contribution in [0.4, 0.5) is 14.7 Å². The predicted octanol–water partition coefficient (Wildman–Crippen LogP) is 3.64. The van der Waals surface area contributed by atoms with E-state index in [0.717, 1.165) is 19.2 Å². The van der Waals surface area contributed by atoms with Gasteiger partial charge in [0.2, 0.25) is 5.95 Å². The van der Waals surface area contributed by atoms with Crippen molar-refractivity contribution >= 4 is 18.1 Å². The summed E-state index contributed by atoms with van der Waals surface area (Å²) in [4.78, 5) is 15.7. The van der Waals surface area contributed by atoms with Gasteiger partial charge in [0.05, 0.1) is 35.9 Å². The molecule has 0 spiro atoms. The maximum atomic E-state index is 14.7. The summed E-state index contributed by atoms with van der Waals surface area (Å²) in [6, 6.07) is 3.47. The highest BCUT2D eigenvalue weighted by atomic mass is 19.1. The van der Waals surface area contributed by atoms with Gasteiger partial charge in [-0.3, -0.25) is 4.57 Å². The summed E-state index contributed by atoms with van der Waals surface area (Å²) < 4.78 is 35.2. The van der Waals surface area contributed by atoms with Gasteiger partial charge in [-0.05, 0) is 24.3 Å². The molecule has 0 amide bonds. The van der Waals surface area contributed by atoms with Crippen molar-refractivity contribution in [3.8, 4) is 17.1 Å². The normalized spacial score (nSPS) is 15.3. The smallest absolute Gasteiger partial charge is 0.225 e. The third kappa shape index (κ3) is 3.32. The van der Waals surface area contributed by atoms with E-state index < -0.39 is 11.6 Å². The van der Waals surface area contributed by atoms with Crippen molar-refractivity contribution in [2.45, 2.75) is 0 Å². The molecule has 1 aliphatic heterocycles. The monoisotopic (exact) mass is 405 g/mol. The lowest BCUT2D eigenvalue weighted by molar-refractivity contribution is 0.122. The first kappa shape index (κ1) is 18.4. The van der Waals surface area contributed by atoms with Gasteiger partial charge >= 0.3 is 0 Å². The van der Waals surface area contributed by atoms with E-state index in [0.29, 0.717) is 41.9 Å². The molecule has 0 unspecified atom stereocenters. The minimum atomic E-state index is -0.687. The Labute approximate surface area is 171 Å². The van der Waals surface area contributed by atoms with Gasteiger partial charge in [0, 0.05) is 37.6 Å². The van der Waals surface area contributed by atoms with Crippen LogP contribution in [-0.4, -0.2) is 45.8 Å². The zero-order valence-corrected chi connectivity index (χ0v) is 15.9. The van der Waals surface area contributed by atoms with Gasteiger partial charge in [-0.2, -0.15) is 0 Å². The Morgan fingerprint density at radius 3 is 2.63 bits per heavy atom. The Bertz CT molecular complexity index is 1190. The van der Waals surface area contributed by atoms with Gasteiger partial charge in [0.1, 0.15) is 17.5 Å². The third-order valence-electron chi connectivity index (χ3n) is 4.95. The molecule has 0 saturated carbocycles. The van der Waals surface area contributed by atoms with Crippen LogP contribution >= 0.6 is 0 Å². The molecule has 8 heteroatoms. The first-order chi connectivity index (χ1) is 14.7. The number of fused-ring (bicyclic) bond motifs is 1. The van der Waals surface area contributed by atoms with Crippen molar-refractivity contribution in [1.29, 1.82) is 0 Å². The summed E-state index contributed by atoms with van der Waals surface area (Å²) in [5.74, 6) is -0.258. The number of morpholine rings is 1. The van der Waals surface area contributed by atoms with Gasteiger partial charge < -0.3 is 9.64 Å². The van der Waals surface area contributed by atoms with Crippen molar-refractivity contribution in [2.24, 2.45) is 0 Å². The molecule has 1 aliphatic carbocycles. The topological polar surface area (TPSA) is 56.1 Å². The van der Waals surface area contributed by atoms with E-state index in [1.165, 1.54) is 12.1 Å². The minimum Gasteiger partial charge on any atom is -0.378 e. The van der Waals surface area contributed by atoms with E-state index >= 15 is 0 Å². The van der Waals surface area contributed by atoms with Gasteiger partial charge in [0.25, 0.3) is 0 Å². The number of hydrogen-bond acceptors (Lipinski definition) is 5. The van der Waals surface area contributed by atoms with E-state index in [2.05, 4.69) is 20.7 Å². The highest BCUT2D eigenvalue weighted by Crippen LogP contribution is 2.30. The van der Waals surface area contributed by atoms with E-state index in [9.17, 15) is 8.78 Å². The molecule has 30 heavy (non-hydrogen) atoms. The number of halogens is 2. The maximum absolute atomic E-state index is 14.7. The molecule has 0 N–H and O–H groups in total. The van der Waals surface area contributed by atoms with E-state index in [-0.39, 0.29) is 5.69 Å². The zero-order chi connectivity index (χ0) is 20.5. The summed E-state index contributed by atoms with van der Waals surface area (Å²) in [6.45, 7) is 2.73. The molecule has 0 radical (unpaired) electrons. The van der Waals surface area contributed by atoms with Crippen LogP contribution in [0.5, 0.6) is 0 Å². The SMILES string of the molecule is Fc1ccc(-n2c(-c3cnc(N4CCOCC4)nc3)nc3c2C=C=CC=C3)c(F)c1. The number of benzene rings is 1. The fraction of sp³-hybridized carbons (Fsp3) is 0.182. The van der Waals surface area contributed by atoms with Crippen molar-refractivity contribution in [2.75, 3.05) is 31.2 Å². The zero-order valence-electron chi connectivity index (χ0n) is 15.9. The summed E-state index contributed by atoms with van der Waals surface area (Å²) in [5.41, 5.74) is 5.11. The molecule has 5 rings (SSSR count). The number of nitrogens with zero attached hydrogens (tertiary/aromatic N) is 5. The summed E-state index contributed by atoms with van der Waals surface area (Å²) in [7, 11) is 0. The van der Waals surface area contributed by atoms with Crippen LogP contribution in [0.3, 0.4) is 0 Å². The molecule has 1 saturated heterocycles. The maximum Gasteiger partial charge on any atom is 0.225 e. The number of rotatable bonds is 3. The molecule has 2 aliphatic rings. The number of aromatic nitrogens is 4. The van der Waals surface area contributed by atoms with E-state index in [1.807, 2.05) is 17.1 Å². The molecule has 2 aromatic heterocycles. The fourth-order valence-electron chi connectivity index (χ4n) is 3.50. The van der Waals surface area contributed by atoms with Crippen LogP contribution in [0, 0.1) is 11.6 Å². The van der Waals surface area contributed by atoms with Gasteiger partial charge in [-0.25, -0.2) is 23.7 Å². The van der Waals surface area contributed by atoms with E-state index in [1.54, 1.807) is 29.1 Å². The van der Waals surface area contributed by atoms with Crippen LogP contribution in [0.25, 0.3) is 29.2 Å². The van der Waals surface area contributed by atoms with Crippen LogP contribution in [-0.2, 0) is 4.74 Å². The standard InChI is InChI=1S/C22H17F2N5O/c23-16-6-7-19(17(24)12-16)29-20-5-3-1-2-4-18(20)27-21(29)15-13-25-22(26-14-15)28-8-10-30-11-9-28/h1-2,4-7,12-14H,8-11H2. The number of allylic oxidation sites excluding steroid dienone is 2. The Morgan fingerprint density at radius 1 is 1.07 bits per heavy atom. The van der Waals surface area contributed by atoms with Gasteiger partial charge in [-0.1, -0.05) is 6.08 Å². The minimum absolute atomic E-state index is 0.186. The molecule has 1 aromatic carbocycles. The number of hydrogen-bond donors (Lipinski definition) is 0. The molecule has 3 heterocycles. The second-order valence-corrected chi connectivity index (χ2v) is 6.84. The quantitative estimate of drug-likeness (QED) is 0.623. The summed E-state index contributed by atoms with van der Waals surface area (Å²) in [6.07, 6.45) is 10.4. The second-order valence-electron chi connectivity index (χ2n) is 6.84. The third-order valence-corrected chi connectivity index (χ3v) is 4.95. The second kappa shape index (κ2) is 7.67. The Hall–Kier alpha value is -3.61. The van der Waals surface area contributed by atoms with Crippen LogP contribution in [0.1, 0.15) is 11.4 Å². The molecular formula is C22H17F2N5O. The summed E-state index contributed by atoms with van der Waals surface area (Å²) in [5, 5.41) is 0. The van der Waals surface area contributed by atoms with Crippen LogP contribution < -0.4 is 4.90 Å². The van der Waals surface area contributed by atoms with Crippen molar-refractivity contribution < 1.29 is 13.5 Å². The first-order valence-corrected chi connectivity index (χ1v) is 9.53. The molecule has 150 valence electrons. The average Bonchev–Trinajstić information content (AvgIpc) is 2.96. The largest absolute Gasteiger partial charge is 0.378 e. The van der Waals surface area contributed by atoms with Crippen molar-refractivity contribution in [1.82, 2.24) is 19.5 Å². The Balaban J connectivity index is 1.63. The fourth-order valence-corrected chi connectivity index (χ4v) is 3.50. The highest BCUT2D eigenvalue weighted by molar-refractivity contribution is 5.71. The average molecular weight is 405 g/mol. The number of ether oxygens (including phenoxy) is 1. The Morgan fingerprint density at radius 2 is 1.87 bits per heavy atom. The Kier molecular flexibility index (Phi) is 4.71. The van der Waals surface area contributed by atoms with Gasteiger partial charge in [-0.15, -0.1) is 5.73 Å². The van der Waals surface area contributed by atoms with Gasteiger partial charge in [0.15, 0.2) is 0 Å².